The number of piperidine rings is 1. The maximum atomic E-state index is 12.8. The molecule has 0 radical (unpaired) electrons. The summed E-state index contributed by atoms with van der Waals surface area (Å²) in [5.41, 5.74) is 1.97. The SMILES string of the molecule is O=C(Cc1ccc(S(=O)(=O)N2CCCCC2)cc1)N1CCN(c2ccncc2)CC1. The second-order valence-electron chi connectivity index (χ2n) is 7.86. The van der Waals surface area contributed by atoms with Gasteiger partial charge in [-0.3, -0.25) is 9.78 Å². The quantitative estimate of drug-likeness (QED) is 0.730. The van der Waals surface area contributed by atoms with Crippen molar-refractivity contribution in [1.29, 1.82) is 0 Å². The fraction of sp³-hybridized carbons (Fsp3) is 0.455. The molecule has 1 aromatic carbocycles. The summed E-state index contributed by atoms with van der Waals surface area (Å²) < 4.78 is 27.1. The molecule has 0 unspecified atom stereocenters. The van der Waals surface area contributed by atoms with Gasteiger partial charge in [0, 0.05) is 57.3 Å². The molecule has 0 bridgehead atoms. The topological polar surface area (TPSA) is 73.8 Å². The Balaban J connectivity index is 1.33. The first-order chi connectivity index (χ1) is 14.5. The van der Waals surface area contributed by atoms with Crippen LogP contribution in [0.1, 0.15) is 24.8 Å². The molecule has 2 aliphatic heterocycles. The third-order valence-electron chi connectivity index (χ3n) is 5.89. The van der Waals surface area contributed by atoms with Gasteiger partial charge >= 0.3 is 0 Å². The minimum Gasteiger partial charge on any atom is -0.368 e. The summed E-state index contributed by atoms with van der Waals surface area (Å²) in [4.78, 5) is 21.2. The monoisotopic (exact) mass is 428 g/mol. The molecule has 0 saturated carbocycles. The smallest absolute Gasteiger partial charge is 0.243 e. The van der Waals surface area contributed by atoms with Crippen molar-refractivity contribution in [2.45, 2.75) is 30.6 Å². The Morgan fingerprint density at radius 2 is 1.47 bits per heavy atom. The molecule has 0 aliphatic carbocycles. The number of pyridine rings is 1. The average molecular weight is 429 g/mol. The summed E-state index contributed by atoms with van der Waals surface area (Å²) >= 11 is 0. The molecule has 1 amide bonds. The van der Waals surface area contributed by atoms with Gasteiger partial charge in [0.15, 0.2) is 0 Å². The zero-order valence-corrected chi connectivity index (χ0v) is 17.9. The lowest BCUT2D eigenvalue weighted by Gasteiger charge is -2.36. The number of amides is 1. The fourth-order valence-corrected chi connectivity index (χ4v) is 5.61. The molecule has 2 aliphatic rings. The van der Waals surface area contributed by atoms with E-state index in [1.165, 1.54) is 0 Å². The van der Waals surface area contributed by atoms with E-state index in [4.69, 9.17) is 0 Å². The number of hydrogen-bond acceptors (Lipinski definition) is 5. The number of aromatic nitrogens is 1. The molecular weight excluding hydrogens is 400 g/mol. The number of nitrogens with zero attached hydrogens (tertiary/aromatic N) is 4. The maximum Gasteiger partial charge on any atom is 0.243 e. The Labute approximate surface area is 178 Å². The number of sulfonamides is 1. The van der Waals surface area contributed by atoms with Crippen LogP contribution in [0.2, 0.25) is 0 Å². The molecule has 2 saturated heterocycles. The van der Waals surface area contributed by atoms with Crippen molar-refractivity contribution in [3.63, 3.8) is 0 Å². The van der Waals surface area contributed by atoms with Gasteiger partial charge in [0.1, 0.15) is 0 Å². The lowest BCUT2D eigenvalue weighted by atomic mass is 10.1. The molecule has 0 spiro atoms. The highest BCUT2D eigenvalue weighted by Gasteiger charge is 2.26. The highest BCUT2D eigenvalue weighted by molar-refractivity contribution is 7.89. The van der Waals surface area contributed by atoms with E-state index in [2.05, 4.69) is 9.88 Å². The van der Waals surface area contributed by atoms with Gasteiger partial charge in [-0.25, -0.2) is 8.42 Å². The van der Waals surface area contributed by atoms with Crippen LogP contribution in [0.15, 0.2) is 53.7 Å². The Hall–Kier alpha value is -2.45. The average Bonchev–Trinajstić information content (AvgIpc) is 2.81. The Morgan fingerprint density at radius 3 is 2.10 bits per heavy atom. The molecule has 8 heteroatoms. The van der Waals surface area contributed by atoms with E-state index in [1.54, 1.807) is 41.0 Å². The first kappa shape index (κ1) is 20.8. The Bertz CT molecular complexity index is 950. The fourth-order valence-electron chi connectivity index (χ4n) is 4.09. The first-order valence-electron chi connectivity index (χ1n) is 10.6. The molecule has 3 heterocycles. The van der Waals surface area contributed by atoms with Gasteiger partial charge in [-0.15, -0.1) is 0 Å². The van der Waals surface area contributed by atoms with Gasteiger partial charge in [-0.2, -0.15) is 4.31 Å². The standard InChI is InChI=1S/C22H28N4O3S/c27-22(25-16-14-24(15-17-25)20-8-10-23-11-9-20)18-19-4-6-21(7-5-19)30(28,29)26-12-2-1-3-13-26/h4-11H,1-3,12-18H2. The normalized spacial score (nSPS) is 18.4. The van der Waals surface area contributed by atoms with Crippen LogP contribution in [-0.4, -0.2) is 67.8 Å². The summed E-state index contributed by atoms with van der Waals surface area (Å²) in [5.74, 6) is 0.0796. The van der Waals surface area contributed by atoms with E-state index < -0.39 is 10.0 Å². The predicted octanol–water partition coefficient (Wildman–Crippen LogP) is 2.15. The molecular formula is C22H28N4O3S. The number of anilines is 1. The molecule has 30 heavy (non-hydrogen) atoms. The third-order valence-corrected chi connectivity index (χ3v) is 7.80. The van der Waals surface area contributed by atoms with Crippen LogP contribution in [0.3, 0.4) is 0 Å². The van der Waals surface area contributed by atoms with E-state index >= 15 is 0 Å². The van der Waals surface area contributed by atoms with Crippen molar-refractivity contribution in [3.05, 3.63) is 54.4 Å². The Morgan fingerprint density at radius 1 is 0.833 bits per heavy atom. The van der Waals surface area contributed by atoms with Crippen LogP contribution in [0.4, 0.5) is 5.69 Å². The minimum absolute atomic E-state index is 0.0796. The highest BCUT2D eigenvalue weighted by atomic mass is 32.2. The molecule has 0 atom stereocenters. The van der Waals surface area contributed by atoms with Crippen molar-refractivity contribution in [3.8, 4) is 0 Å². The summed E-state index contributed by atoms with van der Waals surface area (Å²) in [6.07, 6.45) is 6.77. The van der Waals surface area contributed by atoms with E-state index in [-0.39, 0.29) is 5.91 Å². The van der Waals surface area contributed by atoms with Crippen LogP contribution < -0.4 is 4.90 Å². The van der Waals surface area contributed by atoms with E-state index in [1.807, 2.05) is 17.0 Å². The van der Waals surface area contributed by atoms with Gasteiger partial charge in [0.05, 0.1) is 11.3 Å². The predicted molar refractivity (Wildman–Crippen MR) is 116 cm³/mol. The molecule has 4 rings (SSSR count). The second kappa shape index (κ2) is 9.14. The van der Waals surface area contributed by atoms with Gasteiger partial charge in [-0.1, -0.05) is 18.6 Å². The second-order valence-corrected chi connectivity index (χ2v) is 9.80. The van der Waals surface area contributed by atoms with Crippen LogP contribution >= 0.6 is 0 Å². The summed E-state index contributed by atoms with van der Waals surface area (Å²) in [5, 5.41) is 0. The van der Waals surface area contributed by atoms with Crippen LogP contribution in [0, 0.1) is 0 Å². The van der Waals surface area contributed by atoms with Crippen molar-refractivity contribution >= 4 is 21.6 Å². The lowest BCUT2D eigenvalue weighted by molar-refractivity contribution is -0.130. The summed E-state index contributed by atoms with van der Waals surface area (Å²) in [6.45, 7) is 4.14. The van der Waals surface area contributed by atoms with E-state index in [0.717, 1.165) is 43.6 Å². The first-order valence-corrected chi connectivity index (χ1v) is 12.0. The number of piperazine rings is 1. The zero-order valence-electron chi connectivity index (χ0n) is 17.1. The molecule has 7 nitrogen and oxygen atoms in total. The molecule has 160 valence electrons. The number of benzene rings is 1. The largest absolute Gasteiger partial charge is 0.368 e. The number of rotatable bonds is 5. The number of carbonyl (C=O) groups is 1. The number of hydrogen-bond donors (Lipinski definition) is 0. The molecule has 2 aromatic rings. The van der Waals surface area contributed by atoms with Crippen molar-refractivity contribution < 1.29 is 13.2 Å². The van der Waals surface area contributed by atoms with Crippen molar-refractivity contribution in [2.75, 3.05) is 44.2 Å². The van der Waals surface area contributed by atoms with E-state index in [9.17, 15) is 13.2 Å². The Kier molecular flexibility index (Phi) is 6.34. The summed E-state index contributed by atoms with van der Waals surface area (Å²) in [6, 6.07) is 10.8. The summed E-state index contributed by atoms with van der Waals surface area (Å²) in [7, 11) is -3.43. The van der Waals surface area contributed by atoms with Crippen molar-refractivity contribution in [1.82, 2.24) is 14.2 Å². The van der Waals surface area contributed by atoms with Crippen LogP contribution in [0.5, 0.6) is 0 Å². The molecule has 2 fully saturated rings. The third kappa shape index (κ3) is 4.65. The molecule has 1 aromatic heterocycles. The van der Waals surface area contributed by atoms with Gasteiger partial charge in [-0.05, 0) is 42.7 Å². The lowest BCUT2D eigenvalue weighted by Crippen LogP contribution is -2.49. The van der Waals surface area contributed by atoms with E-state index in [0.29, 0.717) is 37.5 Å². The zero-order chi connectivity index (χ0) is 21.0. The van der Waals surface area contributed by atoms with Crippen LogP contribution in [0.25, 0.3) is 0 Å². The van der Waals surface area contributed by atoms with Gasteiger partial charge in [0.25, 0.3) is 0 Å². The number of carbonyl (C=O) groups excluding carboxylic acids is 1. The maximum absolute atomic E-state index is 12.8. The minimum atomic E-state index is -3.43. The van der Waals surface area contributed by atoms with Gasteiger partial charge < -0.3 is 9.80 Å². The van der Waals surface area contributed by atoms with Crippen LogP contribution in [-0.2, 0) is 21.2 Å². The van der Waals surface area contributed by atoms with Gasteiger partial charge in [0.2, 0.25) is 15.9 Å². The molecule has 0 N–H and O–H groups in total. The highest BCUT2D eigenvalue weighted by Crippen LogP contribution is 2.21. The van der Waals surface area contributed by atoms with Crippen molar-refractivity contribution in [2.24, 2.45) is 0 Å².